The lowest BCUT2D eigenvalue weighted by atomic mass is 10.2. The first kappa shape index (κ1) is 19.6. The third-order valence-electron chi connectivity index (χ3n) is 5.06. The van der Waals surface area contributed by atoms with E-state index in [9.17, 15) is 17.9 Å². The van der Waals surface area contributed by atoms with Gasteiger partial charge in [-0.3, -0.25) is 0 Å². The van der Waals surface area contributed by atoms with E-state index in [-0.39, 0.29) is 18.0 Å². The molecule has 4 aromatic rings. The van der Waals surface area contributed by atoms with E-state index in [0.717, 1.165) is 38.2 Å². The molecular formula is C22H21FN2O3S. The minimum absolute atomic E-state index is 0.00883. The van der Waals surface area contributed by atoms with Gasteiger partial charge >= 0.3 is 0 Å². The number of nitrogens with zero attached hydrogens (tertiary/aromatic N) is 2. The second kappa shape index (κ2) is 7.59. The molecule has 0 aliphatic rings. The van der Waals surface area contributed by atoms with Crippen molar-refractivity contribution >= 4 is 31.8 Å². The lowest BCUT2D eigenvalue weighted by Crippen LogP contribution is -2.36. The van der Waals surface area contributed by atoms with Crippen molar-refractivity contribution in [2.24, 2.45) is 0 Å². The van der Waals surface area contributed by atoms with Crippen molar-refractivity contribution in [3.63, 3.8) is 0 Å². The summed E-state index contributed by atoms with van der Waals surface area (Å²) in [5.74, 6) is -0.502. The average molecular weight is 412 g/mol. The van der Waals surface area contributed by atoms with Gasteiger partial charge in [0, 0.05) is 35.4 Å². The van der Waals surface area contributed by atoms with Gasteiger partial charge in [0.2, 0.25) is 10.0 Å². The molecule has 0 aliphatic heterocycles. The fourth-order valence-electron chi connectivity index (χ4n) is 3.65. The van der Waals surface area contributed by atoms with E-state index in [1.165, 1.54) is 19.2 Å². The van der Waals surface area contributed by atoms with Crippen LogP contribution in [0.2, 0.25) is 0 Å². The largest absolute Gasteiger partial charge is 0.390 e. The zero-order valence-electron chi connectivity index (χ0n) is 15.9. The minimum Gasteiger partial charge on any atom is -0.390 e. The molecule has 4 rings (SSSR count). The zero-order chi connectivity index (χ0) is 20.6. The molecular weight excluding hydrogens is 391 g/mol. The molecule has 1 aromatic heterocycles. The molecule has 5 nitrogen and oxygen atoms in total. The molecule has 0 saturated carbocycles. The van der Waals surface area contributed by atoms with Gasteiger partial charge in [-0.2, -0.15) is 4.31 Å². The summed E-state index contributed by atoms with van der Waals surface area (Å²) in [6.45, 7) is 0.165. The first-order valence-electron chi connectivity index (χ1n) is 9.24. The SMILES string of the molecule is CN(CC(O)Cn1c2ccccc2c2ccccc21)S(=O)(=O)c1ccc(F)cc1. The molecule has 0 spiro atoms. The normalized spacial score (nSPS) is 13.4. The van der Waals surface area contributed by atoms with Gasteiger partial charge in [0.05, 0.1) is 17.5 Å². The summed E-state index contributed by atoms with van der Waals surface area (Å²) in [7, 11) is -2.41. The molecule has 0 saturated heterocycles. The molecule has 0 bridgehead atoms. The molecule has 0 amide bonds. The number of sulfonamides is 1. The Bertz CT molecular complexity index is 1210. The first-order valence-corrected chi connectivity index (χ1v) is 10.7. The van der Waals surface area contributed by atoms with Crippen LogP contribution >= 0.6 is 0 Å². The van der Waals surface area contributed by atoms with Crippen LogP contribution in [0.1, 0.15) is 0 Å². The minimum atomic E-state index is -3.82. The summed E-state index contributed by atoms with van der Waals surface area (Å²) in [5, 5.41) is 12.8. The topological polar surface area (TPSA) is 62.5 Å². The van der Waals surface area contributed by atoms with E-state index >= 15 is 0 Å². The third-order valence-corrected chi connectivity index (χ3v) is 6.90. The van der Waals surface area contributed by atoms with Gasteiger partial charge in [-0.15, -0.1) is 0 Å². The highest BCUT2D eigenvalue weighted by Gasteiger charge is 2.24. The second-order valence-electron chi connectivity index (χ2n) is 7.04. The van der Waals surface area contributed by atoms with Crippen LogP contribution in [0, 0.1) is 5.82 Å². The van der Waals surface area contributed by atoms with Crippen LogP contribution in [0.25, 0.3) is 21.8 Å². The summed E-state index contributed by atoms with van der Waals surface area (Å²) in [6, 6.07) is 20.5. The lowest BCUT2D eigenvalue weighted by molar-refractivity contribution is 0.136. The number of likely N-dealkylation sites (N-methyl/N-ethyl adjacent to an activating group) is 1. The van der Waals surface area contributed by atoms with E-state index in [1.807, 2.05) is 53.1 Å². The standard InChI is InChI=1S/C22H21FN2O3S/c1-24(29(27,28)18-12-10-16(23)11-13-18)14-17(26)15-25-21-8-4-2-6-19(21)20-7-3-5-9-22(20)25/h2-13,17,26H,14-15H2,1H3. The smallest absolute Gasteiger partial charge is 0.242 e. The Morgan fingerprint density at radius 1 is 0.931 bits per heavy atom. The molecule has 29 heavy (non-hydrogen) atoms. The van der Waals surface area contributed by atoms with Gasteiger partial charge in [0.1, 0.15) is 5.82 Å². The number of hydrogen-bond donors (Lipinski definition) is 1. The number of rotatable bonds is 6. The molecule has 0 fully saturated rings. The Morgan fingerprint density at radius 3 is 2.00 bits per heavy atom. The van der Waals surface area contributed by atoms with Crippen molar-refractivity contribution in [2.75, 3.05) is 13.6 Å². The van der Waals surface area contributed by atoms with Crippen LogP contribution in [0.3, 0.4) is 0 Å². The van der Waals surface area contributed by atoms with E-state index in [2.05, 4.69) is 0 Å². The molecule has 150 valence electrons. The van der Waals surface area contributed by atoms with Crippen LogP contribution in [0.4, 0.5) is 4.39 Å². The number of aromatic nitrogens is 1. The van der Waals surface area contributed by atoms with Crippen molar-refractivity contribution in [3.05, 3.63) is 78.6 Å². The molecule has 1 heterocycles. The van der Waals surface area contributed by atoms with E-state index in [0.29, 0.717) is 0 Å². The fourth-order valence-corrected chi connectivity index (χ4v) is 4.86. The summed E-state index contributed by atoms with van der Waals surface area (Å²) in [6.07, 6.45) is -0.922. The van der Waals surface area contributed by atoms with Crippen LogP contribution in [0.15, 0.2) is 77.7 Å². The van der Waals surface area contributed by atoms with Crippen molar-refractivity contribution in [2.45, 2.75) is 17.5 Å². The van der Waals surface area contributed by atoms with Gasteiger partial charge in [0.25, 0.3) is 0 Å². The number of halogens is 1. The number of aliphatic hydroxyl groups excluding tert-OH is 1. The summed E-state index contributed by atoms with van der Waals surface area (Å²) in [4.78, 5) is -0.00883. The van der Waals surface area contributed by atoms with Crippen molar-refractivity contribution < 1.29 is 17.9 Å². The lowest BCUT2D eigenvalue weighted by Gasteiger charge is -2.21. The highest BCUT2D eigenvalue weighted by molar-refractivity contribution is 7.89. The van der Waals surface area contributed by atoms with Gasteiger partial charge < -0.3 is 9.67 Å². The maximum atomic E-state index is 13.1. The quantitative estimate of drug-likeness (QED) is 0.526. The van der Waals surface area contributed by atoms with Crippen molar-refractivity contribution in [3.8, 4) is 0 Å². The first-order chi connectivity index (χ1) is 13.9. The second-order valence-corrected chi connectivity index (χ2v) is 9.08. The highest BCUT2D eigenvalue weighted by atomic mass is 32.2. The van der Waals surface area contributed by atoms with Crippen LogP contribution in [0.5, 0.6) is 0 Å². The molecule has 1 unspecified atom stereocenters. The van der Waals surface area contributed by atoms with Crippen molar-refractivity contribution in [1.82, 2.24) is 8.87 Å². The number of para-hydroxylation sites is 2. The monoisotopic (exact) mass is 412 g/mol. The summed E-state index contributed by atoms with van der Waals surface area (Å²) < 4.78 is 41.6. The van der Waals surface area contributed by atoms with Gasteiger partial charge in [-0.25, -0.2) is 12.8 Å². The zero-order valence-corrected chi connectivity index (χ0v) is 16.7. The maximum Gasteiger partial charge on any atom is 0.242 e. The molecule has 0 radical (unpaired) electrons. The van der Waals surface area contributed by atoms with Crippen LogP contribution in [-0.2, 0) is 16.6 Å². The summed E-state index contributed by atoms with van der Waals surface area (Å²) >= 11 is 0. The third kappa shape index (κ3) is 3.64. The molecule has 1 atom stereocenters. The fraction of sp³-hybridized carbons (Fsp3) is 0.182. The van der Waals surface area contributed by atoms with Gasteiger partial charge in [-0.05, 0) is 36.4 Å². The number of aliphatic hydroxyl groups is 1. The number of hydrogen-bond acceptors (Lipinski definition) is 3. The van der Waals surface area contributed by atoms with Crippen LogP contribution < -0.4 is 0 Å². The van der Waals surface area contributed by atoms with E-state index < -0.39 is 21.9 Å². The number of fused-ring (bicyclic) bond motifs is 3. The predicted octanol–water partition coefficient (Wildman–Crippen LogP) is 3.62. The predicted molar refractivity (Wildman–Crippen MR) is 112 cm³/mol. The Morgan fingerprint density at radius 2 is 1.45 bits per heavy atom. The molecule has 3 aromatic carbocycles. The van der Waals surface area contributed by atoms with E-state index in [1.54, 1.807) is 0 Å². The Labute approximate surface area is 168 Å². The Hall–Kier alpha value is -2.74. The molecule has 7 heteroatoms. The van der Waals surface area contributed by atoms with Gasteiger partial charge in [0.15, 0.2) is 0 Å². The van der Waals surface area contributed by atoms with Crippen LogP contribution in [-0.4, -0.2) is 42.1 Å². The summed E-state index contributed by atoms with van der Waals surface area (Å²) in [5.41, 5.74) is 1.97. The van der Waals surface area contributed by atoms with Gasteiger partial charge in [-0.1, -0.05) is 36.4 Å². The highest BCUT2D eigenvalue weighted by Crippen LogP contribution is 2.29. The molecule has 0 aliphatic carbocycles. The average Bonchev–Trinajstić information content (AvgIpc) is 3.02. The molecule has 1 N–H and O–H groups in total. The number of benzene rings is 3. The maximum absolute atomic E-state index is 13.1. The Kier molecular flexibility index (Phi) is 5.12. The van der Waals surface area contributed by atoms with E-state index in [4.69, 9.17) is 0 Å². The van der Waals surface area contributed by atoms with Crippen molar-refractivity contribution in [1.29, 1.82) is 0 Å². The Balaban J connectivity index is 1.60.